The second kappa shape index (κ2) is 8.69. The Bertz CT molecular complexity index is 936. The first-order valence-electron chi connectivity index (χ1n) is 10.6. The van der Waals surface area contributed by atoms with Crippen LogP contribution in [0.1, 0.15) is 53.3 Å². The highest BCUT2D eigenvalue weighted by atomic mass is 16.5. The number of nitrogens with zero attached hydrogens (tertiary/aromatic N) is 1. The Hall–Kier alpha value is -3.15. The quantitative estimate of drug-likeness (QED) is 0.732. The van der Waals surface area contributed by atoms with Crippen LogP contribution in [0.5, 0.6) is 5.75 Å². The molecule has 2 unspecified atom stereocenters. The van der Waals surface area contributed by atoms with Crippen LogP contribution in [0.3, 0.4) is 0 Å². The van der Waals surface area contributed by atoms with Crippen molar-refractivity contribution in [2.45, 2.75) is 32.6 Å². The summed E-state index contributed by atoms with van der Waals surface area (Å²) < 4.78 is 5.61. The van der Waals surface area contributed by atoms with E-state index in [2.05, 4.69) is 5.32 Å². The fraction of sp³-hybridized carbons (Fsp3) is 0.375. The van der Waals surface area contributed by atoms with E-state index in [1.165, 1.54) is 4.90 Å². The van der Waals surface area contributed by atoms with Gasteiger partial charge in [-0.05, 0) is 49.9 Å². The summed E-state index contributed by atoms with van der Waals surface area (Å²) in [4.78, 5) is 40.0. The molecule has 0 radical (unpaired) electrons. The third-order valence-electron chi connectivity index (χ3n) is 5.99. The molecule has 1 heterocycles. The van der Waals surface area contributed by atoms with Gasteiger partial charge in [0.15, 0.2) is 0 Å². The van der Waals surface area contributed by atoms with Gasteiger partial charge in [-0.3, -0.25) is 19.3 Å². The van der Waals surface area contributed by atoms with Gasteiger partial charge in [0.1, 0.15) is 5.75 Å². The zero-order valence-corrected chi connectivity index (χ0v) is 17.1. The van der Waals surface area contributed by atoms with Gasteiger partial charge in [-0.15, -0.1) is 0 Å². The lowest BCUT2D eigenvalue weighted by Crippen LogP contribution is -2.41. The Kier molecular flexibility index (Phi) is 5.84. The van der Waals surface area contributed by atoms with Crippen molar-refractivity contribution in [3.05, 3.63) is 59.7 Å². The van der Waals surface area contributed by atoms with Gasteiger partial charge in [0.05, 0.1) is 23.4 Å². The third-order valence-corrected chi connectivity index (χ3v) is 5.99. The van der Waals surface area contributed by atoms with Gasteiger partial charge in [-0.1, -0.05) is 37.1 Å². The van der Waals surface area contributed by atoms with E-state index >= 15 is 0 Å². The van der Waals surface area contributed by atoms with E-state index in [-0.39, 0.29) is 36.1 Å². The maximum absolute atomic E-state index is 13.1. The SMILES string of the molecule is CCOc1ccccc1NC(=O)C1CCCCC1CN1C(=O)c2ccccc2C1=O. The Balaban J connectivity index is 1.49. The molecule has 30 heavy (non-hydrogen) atoms. The molecule has 1 saturated carbocycles. The van der Waals surface area contributed by atoms with Crippen LogP contribution in [-0.4, -0.2) is 35.8 Å². The van der Waals surface area contributed by atoms with Crippen LogP contribution in [0.15, 0.2) is 48.5 Å². The number of imide groups is 1. The lowest BCUT2D eigenvalue weighted by atomic mass is 9.78. The molecule has 0 bridgehead atoms. The second-order valence-corrected chi connectivity index (χ2v) is 7.84. The predicted octanol–water partition coefficient (Wildman–Crippen LogP) is 4.13. The summed E-state index contributed by atoms with van der Waals surface area (Å²) in [5, 5.41) is 3.01. The molecule has 6 heteroatoms. The number of nitrogens with one attached hydrogen (secondary N) is 1. The average molecular weight is 406 g/mol. The van der Waals surface area contributed by atoms with Gasteiger partial charge in [0.25, 0.3) is 11.8 Å². The minimum Gasteiger partial charge on any atom is -0.492 e. The highest BCUT2D eigenvalue weighted by molar-refractivity contribution is 6.21. The van der Waals surface area contributed by atoms with E-state index in [0.29, 0.717) is 29.2 Å². The van der Waals surface area contributed by atoms with Crippen molar-refractivity contribution >= 4 is 23.4 Å². The minimum atomic E-state index is -0.262. The number of rotatable bonds is 6. The number of carbonyl (C=O) groups excluding carboxylic acids is 3. The maximum Gasteiger partial charge on any atom is 0.261 e. The van der Waals surface area contributed by atoms with Crippen molar-refractivity contribution in [1.29, 1.82) is 0 Å². The zero-order valence-electron chi connectivity index (χ0n) is 17.1. The van der Waals surface area contributed by atoms with E-state index in [0.717, 1.165) is 25.7 Å². The maximum atomic E-state index is 13.1. The molecule has 2 atom stereocenters. The highest BCUT2D eigenvalue weighted by Gasteiger charge is 2.40. The molecule has 4 rings (SSSR count). The second-order valence-electron chi connectivity index (χ2n) is 7.84. The van der Waals surface area contributed by atoms with E-state index in [9.17, 15) is 14.4 Å². The van der Waals surface area contributed by atoms with Gasteiger partial charge in [0, 0.05) is 12.5 Å². The zero-order chi connectivity index (χ0) is 21.1. The number of hydrogen-bond donors (Lipinski definition) is 1. The summed E-state index contributed by atoms with van der Waals surface area (Å²) in [6.45, 7) is 2.69. The van der Waals surface area contributed by atoms with E-state index in [4.69, 9.17) is 4.74 Å². The topological polar surface area (TPSA) is 75.7 Å². The lowest BCUT2D eigenvalue weighted by Gasteiger charge is -2.33. The van der Waals surface area contributed by atoms with Crippen LogP contribution in [0, 0.1) is 11.8 Å². The summed E-state index contributed by atoms with van der Waals surface area (Å²) in [6, 6.07) is 14.3. The molecule has 6 nitrogen and oxygen atoms in total. The molecule has 3 amide bonds. The van der Waals surface area contributed by atoms with Crippen molar-refractivity contribution in [3.63, 3.8) is 0 Å². The Morgan fingerprint density at radius 3 is 2.33 bits per heavy atom. The molecule has 0 saturated heterocycles. The molecule has 1 fully saturated rings. The fourth-order valence-electron chi connectivity index (χ4n) is 4.49. The van der Waals surface area contributed by atoms with Crippen LogP contribution in [-0.2, 0) is 4.79 Å². The Labute approximate surface area is 176 Å². The standard InChI is InChI=1S/C24H26N2O4/c1-2-30-21-14-8-7-13-20(21)25-22(27)17-10-4-3-9-16(17)15-26-23(28)18-11-5-6-12-19(18)24(26)29/h5-8,11-14,16-17H,2-4,9-10,15H2,1H3,(H,25,27). The number of para-hydroxylation sites is 2. The molecule has 2 aromatic rings. The first kappa shape index (κ1) is 20.1. The molecule has 2 aromatic carbocycles. The fourth-order valence-corrected chi connectivity index (χ4v) is 4.49. The smallest absolute Gasteiger partial charge is 0.261 e. The van der Waals surface area contributed by atoms with E-state index in [1.807, 2.05) is 31.2 Å². The van der Waals surface area contributed by atoms with Gasteiger partial charge in [-0.2, -0.15) is 0 Å². The van der Waals surface area contributed by atoms with E-state index < -0.39 is 0 Å². The summed E-state index contributed by atoms with van der Waals surface area (Å²) in [5.74, 6) is -0.272. The van der Waals surface area contributed by atoms with Crippen LogP contribution < -0.4 is 10.1 Å². The largest absolute Gasteiger partial charge is 0.492 e. The number of carbonyl (C=O) groups is 3. The molecule has 0 aromatic heterocycles. The van der Waals surface area contributed by atoms with Crippen molar-refractivity contribution in [3.8, 4) is 5.75 Å². The van der Waals surface area contributed by atoms with Gasteiger partial charge in [-0.25, -0.2) is 0 Å². The number of amides is 3. The normalized spacial score (nSPS) is 20.8. The molecule has 1 aliphatic heterocycles. The number of ether oxygens (including phenoxy) is 1. The van der Waals surface area contributed by atoms with Crippen LogP contribution in [0.2, 0.25) is 0 Å². The monoisotopic (exact) mass is 406 g/mol. The highest BCUT2D eigenvalue weighted by Crippen LogP contribution is 2.35. The van der Waals surface area contributed by atoms with Crippen LogP contribution in [0.4, 0.5) is 5.69 Å². The Morgan fingerprint density at radius 1 is 1.00 bits per heavy atom. The Morgan fingerprint density at radius 2 is 1.63 bits per heavy atom. The van der Waals surface area contributed by atoms with Crippen molar-refractivity contribution < 1.29 is 19.1 Å². The molecule has 0 spiro atoms. The van der Waals surface area contributed by atoms with Crippen molar-refractivity contribution in [1.82, 2.24) is 4.90 Å². The predicted molar refractivity (Wildman–Crippen MR) is 113 cm³/mol. The van der Waals surface area contributed by atoms with Crippen LogP contribution >= 0.6 is 0 Å². The summed E-state index contributed by atoms with van der Waals surface area (Å²) >= 11 is 0. The number of hydrogen-bond acceptors (Lipinski definition) is 4. The van der Waals surface area contributed by atoms with Crippen molar-refractivity contribution in [2.75, 3.05) is 18.5 Å². The minimum absolute atomic E-state index is 0.0554. The van der Waals surface area contributed by atoms with E-state index in [1.54, 1.807) is 24.3 Å². The number of fused-ring (bicyclic) bond motifs is 1. The van der Waals surface area contributed by atoms with Gasteiger partial charge < -0.3 is 10.1 Å². The molecular formula is C24H26N2O4. The summed E-state index contributed by atoms with van der Waals surface area (Å²) in [6.07, 6.45) is 3.52. The number of benzene rings is 2. The first-order valence-corrected chi connectivity index (χ1v) is 10.6. The summed E-state index contributed by atoms with van der Waals surface area (Å²) in [7, 11) is 0. The molecular weight excluding hydrogens is 380 g/mol. The van der Waals surface area contributed by atoms with Crippen LogP contribution in [0.25, 0.3) is 0 Å². The average Bonchev–Trinajstić information content (AvgIpc) is 3.01. The van der Waals surface area contributed by atoms with Gasteiger partial charge >= 0.3 is 0 Å². The lowest BCUT2D eigenvalue weighted by molar-refractivity contribution is -0.122. The first-order chi connectivity index (χ1) is 14.6. The number of anilines is 1. The molecule has 156 valence electrons. The summed E-state index contributed by atoms with van der Waals surface area (Å²) in [5.41, 5.74) is 1.55. The van der Waals surface area contributed by atoms with Gasteiger partial charge in [0.2, 0.25) is 5.91 Å². The molecule has 1 aliphatic carbocycles. The molecule has 1 N–H and O–H groups in total. The third kappa shape index (κ3) is 3.82. The molecule has 2 aliphatic rings. The van der Waals surface area contributed by atoms with Crippen molar-refractivity contribution in [2.24, 2.45) is 11.8 Å².